The summed E-state index contributed by atoms with van der Waals surface area (Å²) in [4.78, 5) is 1.40. The molecule has 18 heavy (non-hydrogen) atoms. The Morgan fingerprint density at radius 1 is 0.944 bits per heavy atom. The Kier molecular flexibility index (Phi) is 8.75. The number of rotatable bonds is 9. The summed E-state index contributed by atoms with van der Waals surface area (Å²) >= 11 is 1.98. The molecule has 0 saturated carbocycles. The van der Waals surface area contributed by atoms with Crippen LogP contribution in [0.15, 0.2) is 35.2 Å². The predicted octanol–water partition coefficient (Wildman–Crippen LogP) is 6.17. The maximum absolute atomic E-state index is 2.26. The minimum Gasteiger partial charge on any atom is -0.126 e. The first kappa shape index (κ1) is 15.4. The standard InChI is InChI=1S/C17H26S/c1-3-5-7-9-15-18-17-13-11-16(12-14-17)10-8-6-4-2/h8,10-14H,3-7,9,15H2,1-2H3. The highest BCUT2D eigenvalue weighted by atomic mass is 32.2. The lowest BCUT2D eigenvalue weighted by molar-refractivity contribution is 0.706. The van der Waals surface area contributed by atoms with Crippen molar-refractivity contribution in [1.82, 2.24) is 0 Å². The maximum atomic E-state index is 2.26. The van der Waals surface area contributed by atoms with Crippen LogP contribution in [0.2, 0.25) is 0 Å². The van der Waals surface area contributed by atoms with Gasteiger partial charge in [0.2, 0.25) is 0 Å². The largest absolute Gasteiger partial charge is 0.126 e. The smallest absolute Gasteiger partial charge is 0.00723 e. The van der Waals surface area contributed by atoms with E-state index in [0.717, 1.165) is 0 Å². The van der Waals surface area contributed by atoms with Crippen LogP contribution in [0.1, 0.15) is 57.9 Å². The molecule has 0 spiro atoms. The number of hydrogen-bond acceptors (Lipinski definition) is 1. The molecular formula is C17H26S. The Balaban J connectivity index is 2.27. The molecule has 1 aromatic carbocycles. The van der Waals surface area contributed by atoms with Gasteiger partial charge in [-0.15, -0.1) is 11.8 Å². The van der Waals surface area contributed by atoms with E-state index in [4.69, 9.17) is 0 Å². The molecular weight excluding hydrogens is 236 g/mol. The maximum Gasteiger partial charge on any atom is 0.00723 e. The van der Waals surface area contributed by atoms with Crippen molar-refractivity contribution >= 4 is 17.8 Å². The molecule has 0 bridgehead atoms. The molecule has 0 atom stereocenters. The van der Waals surface area contributed by atoms with Crippen LogP contribution in [0.4, 0.5) is 0 Å². The number of unbranched alkanes of at least 4 members (excludes halogenated alkanes) is 4. The predicted molar refractivity (Wildman–Crippen MR) is 85.3 cm³/mol. The van der Waals surface area contributed by atoms with E-state index < -0.39 is 0 Å². The van der Waals surface area contributed by atoms with Crippen molar-refractivity contribution in [2.75, 3.05) is 5.75 Å². The first-order chi connectivity index (χ1) is 8.86. The van der Waals surface area contributed by atoms with E-state index in [0.29, 0.717) is 0 Å². The minimum atomic E-state index is 1.17. The number of benzene rings is 1. The fourth-order valence-electron chi connectivity index (χ4n) is 1.78. The number of hydrogen-bond donors (Lipinski definition) is 0. The molecule has 0 N–H and O–H groups in total. The summed E-state index contributed by atoms with van der Waals surface area (Å²) in [5.41, 5.74) is 1.32. The normalized spacial score (nSPS) is 11.2. The molecule has 0 aromatic heterocycles. The number of allylic oxidation sites excluding steroid dienone is 1. The van der Waals surface area contributed by atoms with Crippen LogP contribution in [0.5, 0.6) is 0 Å². The van der Waals surface area contributed by atoms with Crippen LogP contribution in [0.3, 0.4) is 0 Å². The molecule has 0 radical (unpaired) electrons. The molecule has 1 aromatic rings. The van der Waals surface area contributed by atoms with Gasteiger partial charge in [-0.05, 0) is 36.3 Å². The van der Waals surface area contributed by atoms with Crippen molar-refractivity contribution in [3.05, 3.63) is 35.9 Å². The lowest BCUT2D eigenvalue weighted by Gasteiger charge is -2.02. The molecule has 0 unspecified atom stereocenters. The van der Waals surface area contributed by atoms with E-state index in [1.54, 1.807) is 0 Å². The van der Waals surface area contributed by atoms with E-state index in [1.807, 2.05) is 11.8 Å². The second-order valence-electron chi connectivity index (χ2n) is 4.67. The van der Waals surface area contributed by atoms with E-state index in [1.165, 1.54) is 54.7 Å². The average Bonchev–Trinajstić information content (AvgIpc) is 2.40. The van der Waals surface area contributed by atoms with E-state index in [-0.39, 0.29) is 0 Å². The van der Waals surface area contributed by atoms with Gasteiger partial charge in [-0.25, -0.2) is 0 Å². The summed E-state index contributed by atoms with van der Waals surface area (Å²) in [7, 11) is 0. The van der Waals surface area contributed by atoms with Gasteiger partial charge >= 0.3 is 0 Å². The minimum absolute atomic E-state index is 1.17. The molecule has 0 amide bonds. The van der Waals surface area contributed by atoms with Gasteiger partial charge < -0.3 is 0 Å². The highest BCUT2D eigenvalue weighted by molar-refractivity contribution is 7.99. The topological polar surface area (TPSA) is 0 Å². The van der Waals surface area contributed by atoms with Crippen molar-refractivity contribution < 1.29 is 0 Å². The first-order valence-corrected chi connectivity index (χ1v) is 8.24. The molecule has 100 valence electrons. The summed E-state index contributed by atoms with van der Waals surface area (Å²) in [6.45, 7) is 4.47. The molecule has 0 saturated heterocycles. The molecule has 1 heteroatoms. The van der Waals surface area contributed by atoms with Crippen molar-refractivity contribution in [1.29, 1.82) is 0 Å². The zero-order chi connectivity index (χ0) is 13.1. The second-order valence-corrected chi connectivity index (χ2v) is 5.84. The van der Waals surface area contributed by atoms with Gasteiger partial charge in [0.05, 0.1) is 0 Å². The monoisotopic (exact) mass is 262 g/mol. The third-order valence-electron chi connectivity index (χ3n) is 2.91. The van der Waals surface area contributed by atoms with Crippen LogP contribution in [0.25, 0.3) is 6.08 Å². The van der Waals surface area contributed by atoms with Crippen LogP contribution >= 0.6 is 11.8 Å². The highest BCUT2D eigenvalue weighted by Gasteiger charge is 1.94. The average molecular weight is 262 g/mol. The Hall–Kier alpha value is -0.690. The molecule has 0 fully saturated rings. The van der Waals surface area contributed by atoms with Crippen molar-refractivity contribution in [2.45, 2.75) is 57.3 Å². The Bertz CT molecular complexity index is 324. The highest BCUT2D eigenvalue weighted by Crippen LogP contribution is 2.20. The van der Waals surface area contributed by atoms with E-state index in [9.17, 15) is 0 Å². The molecule has 0 nitrogen and oxygen atoms in total. The summed E-state index contributed by atoms with van der Waals surface area (Å²) in [5, 5.41) is 0. The first-order valence-electron chi connectivity index (χ1n) is 7.26. The van der Waals surface area contributed by atoms with Gasteiger partial charge in [0.25, 0.3) is 0 Å². The number of thioether (sulfide) groups is 1. The second kappa shape index (κ2) is 10.3. The van der Waals surface area contributed by atoms with Crippen LogP contribution in [-0.2, 0) is 0 Å². The summed E-state index contributed by atoms with van der Waals surface area (Å²) in [6, 6.07) is 8.94. The van der Waals surface area contributed by atoms with Crippen molar-refractivity contribution in [2.24, 2.45) is 0 Å². The molecule has 0 aliphatic rings. The SMILES string of the molecule is CCCC=Cc1ccc(SCCCCCC)cc1. The van der Waals surface area contributed by atoms with Gasteiger partial charge in [-0.1, -0.05) is 63.8 Å². The van der Waals surface area contributed by atoms with Crippen LogP contribution in [-0.4, -0.2) is 5.75 Å². The van der Waals surface area contributed by atoms with E-state index in [2.05, 4.69) is 50.3 Å². The van der Waals surface area contributed by atoms with Crippen LogP contribution in [0, 0.1) is 0 Å². The fourth-order valence-corrected chi connectivity index (χ4v) is 2.69. The molecule has 0 aliphatic carbocycles. The molecule has 0 aliphatic heterocycles. The third kappa shape index (κ3) is 6.90. The lowest BCUT2D eigenvalue weighted by Crippen LogP contribution is -1.81. The molecule has 1 rings (SSSR count). The van der Waals surface area contributed by atoms with Crippen LogP contribution < -0.4 is 0 Å². The Morgan fingerprint density at radius 2 is 1.72 bits per heavy atom. The van der Waals surface area contributed by atoms with Gasteiger partial charge in [0.15, 0.2) is 0 Å². The zero-order valence-electron chi connectivity index (χ0n) is 11.8. The van der Waals surface area contributed by atoms with Gasteiger partial charge in [0, 0.05) is 4.90 Å². The fraction of sp³-hybridized carbons (Fsp3) is 0.529. The lowest BCUT2D eigenvalue weighted by atomic mass is 10.2. The van der Waals surface area contributed by atoms with Gasteiger partial charge in [0.1, 0.15) is 0 Å². The summed E-state index contributed by atoms with van der Waals surface area (Å²) in [6.07, 6.45) is 12.3. The Morgan fingerprint density at radius 3 is 2.39 bits per heavy atom. The quantitative estimate of drug-likeness (QED) is 0.378. The Labute approximate surface area is 117 Å². The third-order valence-corrected chi connectivity index (χ3v) is 4.01. The summed E-state index contributed by atoms with van der Waals surface area (Å²) in [5.74, 6) is 1.25. The van der Waals surface area contributed by atoms with E-state index >= 15 is 0 Å². The van der Waals surface area contributed by atoms with Gasteiger partial charge in [-0.3, -0.25) is 0 Å². The zero-order valence-corrected chi connectivity index (χ0v) is 12.6. The van der Waals surface area contributed by atoms with Crippen molar-refractivity contribution in [3.63, 3.8) is 0 Å². The summed E-state index contributed by atoms with van der Waals surface area (Å²) < 4.78 is 0. The van der Waals surface area contributed by atoms with Crippen molar-refractivity contribution in [3.8, 4) is 0 Å². The molecule has 0 heterocycles. The van der Waals surface area contributed by atoms with Gasteiger partial charge in [-0.2, -0.15) is 0 Å².